The van der Waals surface area contributed by atoms with E-state index in [1.807, 2.05) is 0 Å². The fraction of sp³-hybridized carbons (Fsp3) is 0.875. The average Bonchev–Trinajstić information content (AvgIpc) is 2.15. The van der Waals surface area contributed by atoms with Gasteiger partial charge in [0.1, 0.15) is 23.9 Å². The Kier molecular flexibility index (Phi) is 5.17. The summed E-state index contributed by atoms with van der Waals surface area (Å²) >= 11 is 0. The number of rotatable bonds is 6. The molecule has 0 spiro atoms. The van der Waals surface area contributed by atoms with Crippen molar-refractivity contribution in [3.05, 3.63) is 0 Å². The monoisotopic (exact) mass is 208 g/mol. The summed E-state index contributed by atoms with van der Waals surface area (Å²) < 4.78 is 4.53. The van der Waals surface area contributed by atoms with Crippen molar-refractivity contribution in [1.82, 2.24) is 0 Å². The van der Waals surface area contributed by atoms with Gasteiger partial charge in [0.15, 0.2) is 6.29 Å². The molecule has 0 saturated carbocycles. The van der Waals surface area contributed by atoms with Gasteiger partial charge >= 0.3 is 0 Å². The minimum Gasteiger partial charge on any atom is -0.388 e. The Morgan fingerprint density at radius 3 is 2.29 bits per heavy atom. The standard InChI is InChI=1S/C8H16O6/c1-8(13,4-9)7(12)6(11)5(10)3-14-2/h4-7,10-13H,3H2,1-2H3/t5-,6-,7+,8+/m1/s1. The molecule has 0 bridgehead atoms. The molecule has 0 saturated heterocycles. The van der Waals surface area contributed by atoms with Crippen molar-refractivity contribution in [2.24, 2.45) is 0 Å². The first-order valence-electron chi connectivity index (χ1n) is 4.08. The van der Waals surface area contributed by atoms with Crippen LogP contribution in [0.15, 0.2) is 0 Å². The molecule has 4 N–H and O–H groups in total. The number of carbonyl (C=O) groups excluding carboxylic acids is 1. The van der Waals surface area contributed by atoms with Gasteiger partial charge in [-0.1, -0.05) is 0 Å². The van der Waals surface area contributed by atoms with Gasteiger partial charge in [-0.2, -0.15) is 0 Å². The van der Waals surface area contributed by atoms with Gasteiger partial charge in [0.05, 0.1) is 6.61 Å². The molecule has 0 unspecified atom stereocenters. The fourth-order valence-electron chi connectivity index (χ4n) is 0.895. The molecule has 0 radical (unpaired) electrons. The van der Waals surface area contributed by atoms with Crippen LogP contribution in [0.2, 0.25) is 0 Å². The normalized spacial score (nSPS) is 22.1. The minimum atomic E-state index is -2.09. The van der Waals surface area contributed by atoms with Crippen LogP contribution < -0.4 is 0 Å². The molecule has 0 aliphatic rings. The van der Waals surface area contributed by atoms with E-state index >= 15 is 0 Å². The molecule has 0 aliphatic carbocycles. The summed E-state index contributed by atoms with van der Waals surface area (Å²) in [5, 5.41) is 37.0. The first kappa shape index (κ1) is 13.5. The number of aliphatic hydroxyl groups excluding tert-OH is 3. The second-order valence-corrected chi connectivity index (χ2v) is 3.30. The Morgan fingerprint density at radius 1 is 1.43 bits per heavy atom. The summed E-state index contributed by atoms with van der Waals surface area (Å²) in [5.74, 6) is 0. The molecule has 0 amide bonds. The molecular weight excluding hydrogens is 192 g/mol. The number of carbonyl (C=O) groups is 1. The molecule has 0 aliphatic heterocycles. The van der Waals surface area contributed by atoms with E-state index in [4.69, 9.17) is 0 Å². The van der Waals surface area contributed by atoms with Crippen molar-refractivity contribution < 1.29 is 30.0 Å². The van der Waals surface area contributed by atoms with E-state index in [1.165, 1.54) is 7.11 Å². The van der Waals surface area contributed by atoms with Crippen LogP contribution in [0.3, 0.4) is 0 Å². The van der Waals surface area contributed by atoms with Gasteiger partial charge in [-0.3, -0.25) is 0 Å². The van der Waals surface area contributed by atoms with Crippen molar-refractivity contribution in [2.75, 3.05) is 13.7 Å². The van der Waals surface area contributed by atoms with Gasteiger partial charge < -0.3 is 30.0 Å². The van der Waals surface area contributed by atoms with Crippen LogP contribution in [0, 0.1) is 0 Å². The summed E-state index contributed by atoms with van der Waals surface area (Å²) in [4.78, 5) is 10.3. The summed E-state index contributed by atoms with van der Waals surface area (Å²) in [5.41, 5.74) is -2.09. The molecule has 4 atom stereocenters. The maximum absolute atomic E-state index is 10.3. The molecule has 14 heavy (non-hydrogen) atoms. The summed E-state index contributed by atoms with van der Waals surface area (Å²) in [6, 6.07) is 0. The largest absolute Gasteiger partial charge is 0.388 e. The number of methoxy groups -OCH3 is 1. The molecule has 0 heterocycles. The SMILES string of the molecule is COC[C@@H](O)[C@@H](O)[C@H](O)[C@@](C)(O)C=O. The molecule has 6 nitrogen and oxygen atoms in total. The number of aliphatic hydroxyl groups is 4. The molecule has 0 aromatic rings. The van der Waals surface area contributed by atoms with Crippen LogP contribution in [0.25, 0.3) is 0 Å². The molecule has 0 rings (SSSR count). The van der Waals surface area contributed by atoms with Gasteiger partial charge in [0.25, 0.3) is 0 Å². The highest BCUT2D eigenvalue weighted by Gasteiger charge is 2.38. The van der Waals surface area contributed by atoms with Crippen LogP contribution in [0.1, 0.15) is 6.92 Å². The van der Waals surface area contributed by atoms with Gasteiger partial charge in [-0.25, -0.2) is 0 Å². The van der Waals surface area contributed by atoms with E-state index in [0.717, 1.165) is 6.92 Å². The van der Waals surface area contributed by atoms with E-state index < -0.39 is 23.9 Å². The van der Waals surface area contributed by atoms with Crippen molar-refractivity contribution in [1.29, 1.82) is 0 Å². The quantitative estimate of drug-likeness (QED) is 0.365. The number of hydrogen-bond acceptors (Lipinski definition) is 6. The third-order valence-electron chi connectivity index (χ3n) is 1.89. The van der Waals surface area contributed by atoms with Crippen LogP contribution in [0.4, 0.5) is 0 Å². The fourth-order valence-corrected chi connectivity index (χ4v) is 0.895. The molecule has 6 heteroatoms. The second kappa shape index (κ2) is 5.38. The Morgan fingerprint density at radius 2 is 1.93 bits per heavy atom. The number of ether oxygens (including phenoxy) is 1. The topological polar surface area (TPSA) is 107 Å². The Labute approximate surface area is 81.7 Å². The zero-order valence-corrected chi connectivity index (χ0v) is 8.12. The summed E-state index contributed by atoms with van der Waals surface area (Å²) in [7, 11) is 1.31. The van der Waals surface area contributed by atoms with Gasteiger partial charge in [0.2, 0.25) is 0 Å². The highest BCUT2D eigenvalue weighted by atomic mass is 16.5. The lowest BCUT2D eigenvalue weighted by Gasteiger charge is -2.29. The minimum absolute atomic E-state index is 0.0976. The summed E-state index contributed by atoms with van der Waals surface area (Å²) in [6.45, 7) is 0.834. The molecule has 0 fully saturated rings. The van der Waals surface area contributed by atoms with E-state index in [2.05, 4.69) is 4.74 Å². The summed E-state index contributed by atoms with van der Waals surface area (Å²) in [6.07, 6.45) is -4.66. The van der Waals surface area contributed by atoms with E-state index in [-0.39, 0.29) is 12.9 Å². The van der Waals surface area contributed by atoms with Crippen LogP contribution >= 0.6 is 0 Å². The molecule has 84 valence electrons. The molecule has 0 aromatic heterocycles. The number of aldehydes is 1. The van der Waals surface area contributed by atoms with Crippen LogP contribution in [-0.4, -0.2) is 64.3 Å². The second-order valence-electron chi connectivity index (χ2n) is 3.30. The maximum Gasteiger partial charge on any atom is 0.154 e. The third kappa shape index (κ3) is 3.32. The van der Waals surface area contributed by atoms with Crippen LogP contribution in [0.5, 0.6) is 0 Å². The van der Waals surface area contributed by atoms with Gasteiger partial charge in [0, 0.05) is 7.11 Å². The lowest BCUT2D eigenvalue weighted by Crippen LogP contribution is -2.53. The molecule has 0 aromatic carbocycles. The first-order valence-corrected chi connectivity index (χ1v) is 4.08. The van der Waals surface area contributed by atoms with E-state index in [9.17, 15) is 25.2 Å². The van der Waals surface area contributed by atoms with Crippen molar-refractivity contribution in [3.63, 3.8) is 0 Å². The van der Waals surface area contributed by atoms with Crippen LogP contribution in [-0.2, 0) is 9.53 Å². The zero-order chi connectivity index (χ0) is 11.4. The first-order chi connectivity index (χ1) is 6.36. The van der Waals surface area contributed by atoms with Crippen molar-refractivity contribution in [3.8, 4) is 0 Å². The van der Waals surface area contributed by atoms with Crippen molar-refractivity contribution >= 4 is 6.29 Å². The van der Waals surface area contributed by atoms with Crippen molar-refractivity contribution in [2.45, 2.75) is 30.8 Å². The highest BCUT2D eigenvalue weighted by molar-refractivity contribution is 5.62. The maximum atomic E-state index is 10.3. The van der Waals surface area contributed by atoms with E-state index in [1.54, 1.807) is 0 Å². The highest BCUT2D eigenvalue weighted by Crippen LogP contribution is 2.13. The Hall–Kier alpha value is -0.530. The van der Waals surface area contributed by atoms with E-state index in [0.29, 0.717) is 0 Å². The lowest BCUT2D eigenvalue weighted by atomic mass is 9.93. The smallest absolute Gasteiger partial charge is 0.154 e. The zero-order valence-electron chi connectivity index (χ0n) is 8.12. The Bertz CT molecular complexity index is 181. The predicted octanol–water partition coefficient (Wildman–Crippen LogP) is -2.33. The lowest BCUT2D eigenvalue weighted by molar-refractivity contribution is -0.160. The predicted molar refractivity (Wildman–Crippen MR) is 46.6 cm³/mol. The van der Waals surface area contributed by atoms with Gasteiger partial charge in [-0.05, 0) is 6.92 Å². The third-order valence-corrected chi connectivity index (χ3v) is 1.89. The average molecular weight is 208 g/mol. The molecular formula is C8H16O6. The Balaban J connectivity index is 4.37. The van der Waals surface area contributed by atoms with Gasteiger partial charge in [-0.15, -0.1) is 0 Å². The number of hydrogen-bond donors (Lipinski definition) is 4.